The number of amides is 2. The Hall–Kier alpha value is -2.44. The third kappa shape index (κ3) is 6.17. The van der Waals surface area contributed by atoms with Crippen LogP contribution in [0.4, 0.5) is 10.1 Å². The molecule has 0 saturated heterocycles. The molecule has 0 heterocycles. The zero-order valence-corrected chi connectivity index (χ0v) is 14.3. The highest BCUT2D eigenvalue weighted by Gasteiger charge is 2.21. The van der Waals surface area contributed by atoms with Crippen LogP contribution in [0.2, 0.25) is 0 Å². The number of benzene rings is 1. The first kappa shape index (κ1) is 18.9. The number of carbonyl (C=O) groups is 3. The second kappa shape index (κ2) is 9.15. The topological polar surface area (TPSA) is 84.5 Å². The Kier molecular flexibility index (Phi) is 6.91. The average molecular weight is 350 g/mol. The molecule has 0 bridgehead atoms. The fourth-order valence-corrected chi connectivity index (χ4v) is 2.78. The molecule has 1 aromatic rings. The van der Waals surface area contributed by atoms with Gasteiger partial charge in [0.1, 0.15) is 12.4 Å². The van der Waals surface area contributed by atoms with Gasteiger partial charge in [-0.05, 0) is 37.5 Å². The molecule has 6 nitrogen and oxygen atoms in total. The number of anilines is 1. The lowest BCUT2D eigenvalue weighted by molar-refractivity contribution is -0.147. The van der Waals surface area contributed by atoms with Crippen LogP contribution in [-0.4, -0.2) is 30.9 Å². The van der Waals surface area contributed by atoms with E-state index in [0.29, 0.717) is 11.3 Å². The summed E-state index contributed by atoms with van der Waals surface area (Å²) in [6, 6.07) is 4.03. The Labute approximate surface area is 146 Å². The molecule has 1 aliphatic carbocycles. The summed E-state index contributed by atoms with van der Waals surface area (Å²) in [6.07, 6.45) is 4.89. The van der Waals surface area contributed by atoms with Crippen LogP contribution < -0.4 is 10.6 Å². The van der Waals surface area contributed by atoms with Crippen molar-refractivity contribution in [2.45, 2.75) is 39.0 Å². The van der Waals surface area contributed by atoms with Crippen LogP contribution in [0.15, 0.2) is 18.2 Å². The van der Waals surface area contributed by atoms with Gasteiger partial charge in [0.25, 0.3) is 5.91 Å². The van der Waals surface area contributed by atoms with Crippen molar-refractivity contribution in [1.29, 1.82) is 0 Å². The maximum absolute atomic E-state index is 13.2. The highest BCUT2D eigenvalue weighted by molar-refractivity contribution is 5.93. The zero-order valence-electron chi connectivity index (χ0n) is 14.3. The molecule has 136 valence electrons. The molecule has 1 aliphatic rings. The molecule has 2 rings (SSSR count). The number of rotatable bonds is 6. The van der Waals surface area contributed by atoms with Crippen LogP contribution in [0.25, 0.3) is 0 Å². The van der Waals surface area contributed by atoms with Crippen LogP contribution in [0.3, 0.4) is 0 Å². The van der Waals surface area contributed by atoms with E-state index in [1.54, 1.807) is 6.92 Å². The van der Waals surface area contributed by atoms with Crippen LogP contribution in [-0.2, 0) is 19.1 Å². The third-order valence-corrected chi connectivity index (χ3v) is 4.22. The minimum atomic E-state index is -0.685. The summed E-state index contributed by atoms with van der Waals surface area (Å²) in [6.45, 7) is 0.970. The van der Waals surface area contributed by atoms with Gasteiger partial charge in [0.2, 0.25) is 5.91 Å². The summed E-state index contributed by atoms with van der Waals surface area (Å²) in [5, 5.41) is 5.03. The fraction of sp³-hybridized carbons (Fsp3) is 0.500. The minimum absolute atomic E-state index is 0.0409. The van der Waals surface area contributed by atoms with Crippen molar-refractivity contribution in [1.82, 2.24) is 5.32 Å². The van der Waals surface area contributed by atoms with Crippen LogP contribution >= 0.6 is 0 Å². The molecule has 2 N–H and O–H groups in total. The van der Waals surface area contributed by atoms with Gasteiger partial charge in [-0.1, -0.05) is 25.3 Å². The van der Waals surface area contributed by atoms with Crippen molar-refractivity contribution in [3.63, 3.8) is 0 Å². The van der Waals surface area contributed by atoms with E-state index in [-0.39, 0.29) is 18.4 Å². The second-order valence-electron chi connectivity index (χ2n) is 6.22. The lowest BCUT2D eigenvalue weighted by Gasteiger charge is -2.20. The van der Waals surface area contributed by atoms with Crippen molar-refractivity contribution in [2.24, 2.45) is 5.92 Å². The number of hydrogen-bond acceptors (Lipinski definition) is 4. The van der Waals surface area contributed by atoms with Gasteiger partial charge in [-0.2, -0.15) is 0 Å². The van der Waals surface area contributed by atoms with Gasteiger partial charge in [0.15, 0.2) is 6.61 Å². The lowest BCUT2D eigenvalue weighted by atomic mass is 9.89. The zero-order chi connectivity index (χ0) is 18.2. The summed E-state index contributed by atoms with van der Waals surface area (Å²) < 4.78 is 18.0. The Bertz CT molecular complexity index is 642. The van der Waals surface area contributed by atoms with E-state index in [4.69, 9.17) is 4.74 Å². The fourth-order valence-electron chi connectivity index (χ4n) is 2.78. The largest absolute Gasteiger partial charge is 0.454 e. The number of halogens is 1. The van der Waals surface area contributed by atoms with E-state index in [1.165, 1.54) is 18.2 Å². The average Bonchev–Trinajstić information content (AvgIpc) is 2.61. The lowest BCUT2D eigenvalue weighted by Crippen LogP contribution is -2.36. The molecule has 0 aromatic heterocycles. The summed E-state index contributed by atoms with van der Waals surface area (Å²) in [5.41, 5.74) is 1.02. The molecule has 1 fully saturated rings. The molecular formula is C18H23FN2O4. The minimum Gasteiger partial charge on any atom is -0.454 e. The van der Waals surface area contributed by atoms with E-state index in [0.717, 1.165) is 32.1 Å². The number of hydrogen-bond donors (Lipinski definition) is 2. The molecule has 1 aromatic carbocycles. The molecule has 0 unspecified atom stereocenters. The van der Waals surface area contributed by atoms with Crippen molar-refractivity contribution in [3.8, 4) is 0 Å². The van der Waals surface area contributed by atoms with Gasteiger partial charge in [0.05, 0.1) is 0 Å². The van der Waals surface area contributed by atoms with E-state index in [1.807, 2.05) is 0 Å². The Morgan fingerprint density at radius 3 is 2.64 bits per heavy atom. The standard InChI is InChI=1S/C18H23FN2O4/c1-12-7-8-14(19)9-15(12)21-16(22)11-25-17(23)10-20-18(24)13-5-3-2-4-6-13/h7-9,13H,2-6,10-11H2,1H3,(H,20,24)(H,21,22). The van der Waals surface area contributed by atoms with Gasteiger partial charge < -0.3 is 15.4 Å². The summed E-state index contributed by atoms with van der Waals surface area (Å²) in [7, 11) is 0. The smallest absolute Gasteiger partial charge is 0.325 e. The Balaban J connectivity index is 1.69. The summed E-state index contributed by atoms with van der Waals surface area (Å²) >= 11 is 0. The predicted molar refractivity (Wildman–Crippen MR) is 90.3 cm³/mol. The predicted octanol–water partition coefficient (Wildman–Crippen LogP) is 2.31. The van der Waals surface area contributed by atoms with Crippen LogP contribution in [0, 0.1) is 18.7 Å². The molecule has 0 aliphatic heterocycles. The molecular weight excluding hydrogens is 327 g/mol. The van der Waals surface area contributed by atoms with E-state index < -0.39 is 24.3 Å². The summed E-state index contributed by atoms with van der Waals surface area (Å²) in [5.74, 6) is -1.91. The second-order valence-corrected chi connectivity index (χ2v) is 6.22. The van der Waals surface area contributed by atoms with Gasteiger partial charge in [-0.3, -0.25) is 14.4 Å². The van der Waals surface area contributed by atoms with Gasteiger partial charge in [0, 0.05) is 11.6 Å². The highest BCUT2D eigenvalue weighted by Crippen LogP contribution is 2.23. The normalized spacial score (nSPS) is 14.6. The van der Waals surface area contributed by atoms with E-state index in [2.05, 4.69) is 10.6 Å². The molecule has 7 heteroatoms. The molecule has 1 saturated carbocycles. The first-order valence-electron chi connectivity index (χ1n) is 8.45. The number of esters is 1. The van der Waals surface area contributed by atoms with Crippen molar-refractivity contribution >= 4 is 23.5 Å². The first-order valence-corrected chi connectivity index (χ1v) is 8.45. The Morgan fingerprint density at radius 2 is 1.92 bits per heavy atom. The molecule has 0 atom stereocenters. The van der Waals surface area contributed by atoms with Crippen LogP contribution in [0.5, 0.6) is 0 Å². The highest BCUT2D eigenvalue weighted by atomic mass is 19.1. The maximum Gasteiger partial charge on any atom is 0.325 e. The molecule has 2 amide bonds. The van der Waals surface area contributed by atoms with Crippen LogP contribution in [0.1, 0.15) is 37.7 Å². The number of aryl methyl sites for hydroxylation is 1. The van der Waals surface area contributed by atoms with E-state index >= 15 is 0 Å². The number of carbonyl (C=O) groups excluding carboxylic acids is 3. The maximum atomic E-state index is 13.2. The molecule has 0 radical (unpaired) electrons. The van der Waals surface area contributed by atoms with Gasteiger partial charge in [-0.25, -0.2) is 4.39 Å². The quantitative estimate of drug-likeness (QED) is 0.771. The number of nitrogens with one attached hydrogen (secondary N) is 2. The van der Waals surface area contributed by atoms with Crippen molar-refractivity contribution < 1.29 is 23.5 Å². The van der Waals surface area contributed by atoms with E-state index in [9.17, 15) is 18.8 Å². The summed E-state index contributed by atoms with van der Waals surface area (Å²) in [4.78, 5) is 35.3. The SMILES string of the molecule is Cc1ccc(F)cc1NC(=O)COC(=O)CNC(=O)C1CCCCC1. The molecule has 25 heavy (non-hydrogen) atoms. The van der Waals surface area contributed by atoms with Crippen molar-refractivity contribution in [2.75, 3.05) is 18.5 Å². The number of ether oxygens (including phenoxy) is 1. The van der Waals surface area contributed by atoms with Gasteiger partial charge in [-0.15, -0.1) is 0 Å². The van der Waals surface area contributed by atoms with Gasteiger partial charge >= 0.3 is 5.97 Å². The Morgan fingerprint density at radius 1 is 1.20 bits per heavy atom. The monoisotopic (exact) mass is 350 g/mol. The van der Waals surface area contributed by atoms with Crippen molar-refractivity contribution in [3.05, 3.63) is 29.6 Å². The third-order valence-electron chi connectivity index (χ3n) is 4.22. The molecule has 0 spiro atoms. The first-order chi connectivity index (χ1) is 12.0.